The Kier molecular flexibility index (Phi) is 8.11. The minimum Gasteiger partial charge on any atom is -0.349 e. The number of hydrogen-bond donors (Lipinski definition) is 1. The van der Waals surface area contributed by atoms with Crippen LogP contribution in [0.15, 0.2) is 72.4 Å². The fourth-order valence-corrected chi connectivity index (χ4v) is 4.05. The molecule has 0 aliphatic heterocycles. The Bertz CT molecular complexity index is 973. The van der Waals surface area contributed by atoms with Crippen LogP contribution in [0.4, 0.5) is 0 Å². The van der Waals surface area contributed by atoms with Crippen LogP contribution in [0.5, 0.6) is 0 Å². The van der Waals surface area contributed by atoms with Gasteiger partial charge in [-0.2, -0.15) is 0 Å². The van der Waals surface area contributed by atoms with Gasteiger partial charge in [0.2, 0.25) is 5.91 Å². The number of aromatic nitrogens is 3. The van der Waals surface area contributed by atoms with Crippen LogP contribution in [0.2, 0.25) is 5.02 Å². The Balaban J connectivity index is 1.69. The number of allylic oxidation sites excluding steroid dienone is 1. The van der Waals surface area contributed by atoms with Gasteiger partial charge in [0.05, 0.1) is 11.8 Å². The Morgan fingerprint density at radius 2 is 1.93 bits per heavy atom. The van der Waals surface area contributed by atoms with Gasteiger partial charge in [0.15, 0.2) is 11.0 Å². The molecular formula is C23H25ClN4OS. The van der Waals surface area contributed by atoms with E-state index in [1.165, 1.54) is 11.8 Å². The Morgan fingerprint density at radius 3 is 2.60 bits per heavy atom. The van der Waals surface area contributed by atoms with Crippen LogP contribution in [-0.2, 0) is 11.3 Å². The van der Waals surface area contributed by atoms with Crippen molar-refractivity contribution in [3.8, 4) is 11.4 Å². The second-order valence-corrected chi connectivity index (χ2v) is 8.20. The molecule has 1 unspecified atom stereocenters. The molecule has 0 saturated carbocycles. The van der Waals surface area contributed by atoms with Crippen molar-refractivity contribution in [2.45, 2.75) is 37.5 Å². The van der Waals surface area contributed by atoms with Gasteiger partial charge in [0, 0.05) is 17.1 Å². The van der Waals surface area contributed by atoms with Crippen molar-refractivity contribution in [2.75, 3.05) is 5.75 Å². The third-order valence-electron chi connectivity index (χ3n) is 4.58. The molecule has 0 aliphatic rings. The van der Waals surface area contributed by atoms with Crippen molar-refractivity contribution >= 4 is 29.3 Å². The van der Waals surface area contributed by atoms with Crippen molar-refractivity contribution in [3.05, 3.63) is 77.8 Å². The molecule has 0 bridgehead atoms. The summed E-state index contributed by atoms with van der Waals surface area (Å²) >= 11 is 7.36. The van der Waals surface area contributed by atoms with Crippen LogP contribution in [-0.4, -0.2) is 26.4 Å². The van der Waals surface area contributed by atoms with Gasteiger partial charge < -0.3 is 5.32 Å². The molecule has 30 heavy (non-hydrogen) atoms. The van der Waals surface area contributed by atoms with Gasteiger partial charge in [0.25, 0.3) is 0 Å². The molecule has 0 spiro atoms. The number of hydrogen-bond acceptors (Lipinski definition) is 4. The summed E-state index contributed by atoms with van der Waals surface area (Å²) in [7, 11) is 0. The number of carbonyl (C=O) groups excluding carboxylic acids is 1. The van der Waals surface area contributed by atoms with E-state index in [1.807, 2.05) is 59.2 Å². The molecule has 1 aromatic heterocycles. The van der Waals surface area contributed by atoms with E-state index < -0.39 is 0 Å². The highest BCUT2D eigenvalue weighted by Crippen LogP contribution is 2.25. The van der Waals surface area contributed by atoms with Gasteiger partial charge >= 0.3 is 0 Å². The number of halogens is 1. The van der Waals surface area contributed by atoms with Gasteiger partial charge in [-0.25, -0.2) is 0 Å². The smallest absolute Gasteiger partial charge is 0.230 e. The lowest BCUT2D eigenvalue weighted by Crippen LogP contribution is -2.30. The fourth-order valence-electron chi connectivity index (χ4n) is 3.16. The lowest BCUT2D eigenvalue weighted by Gasteiger charge is -2.18. The zero-order chi connectivity index (χ0) is 21.3. The molecule has 156 valence electrons. The zero-order valence-corrected chi connectivity index (χ0v) is 18.5. The van der Waals surface area contributed by atoms with Crippen molar-refractivity contribution in [2.24, 2.45) is 0 Å². The highest BCUT2D eigenvalue weighted by atomic mass is 35.5. The van der Waals surface area contributed by atoms with E-state index >= 15 is 0 Å². The first-order chi connectivity index (χ1) is 14.6. The third kappa shape index (κ3) is 5.74. The molecule has 0 fully saturated rings. The summed E-state index contributed by atoms with van der Waals surface area (Å²) in [5.74, 6) is 0.967. The number of thioether (sulfide) groups is 1. The van der Waals surface area contributed by atoms with E-state index in [0.29, 0.717) is 16.7 Å². The second kappa shape index (κ2) is 11.0. The summed E-state index contributed by atoms with van der Waals surface area (Å²) in [5, 5.41) is 13.1. The predicted octanol–water partition coefficient (Wildman–Crippen LogP) is 5.53. The molecule has 1 heterocycles. The van der Waals surface area contributed by atoms with E-state index in [1.54, 1.807) is 6.08 Å². The normalized spacial score (nSPS) is 11.8. The molecule has 1 atom stereocenters. The molecule has 0 saturated heterocycles. The maximum absolute atomic E-state index is 12.6. The highest BCUT2D eigenvalue weighted by Gasteiger charge is 2.17. The maximum atomic E-state index is 12.6. The van der Waals surface area contributed by atoms with Crippen molar-refractivity contribution < 1.29 is 4.79 Å². The standard InChI is InChI=1S/C23H25ClN4OS/c1-3-8-20(17-9-6-5-7-10-17)25-21(29)16-30-23-27-26-22(28(23)15-4-2)18-11-13-19(24)14-12-18/h4-7,9-14,20H,2-3,8,15-16H2,1H3,(H,25,29). The van der Waals surface area contributed by atoms with Crippen LogP contribution in [0, 0.1) is 0 Å². The summed E-state index contributed by atoms with van der Waals surface area (Å²) < 4.78 is 1.95. The van der Waals surface area contributed by atoms with E-state index in [2.05, 4.69) is 29.0 Å². The molecule has 0 radical (unpaired) electrons. The van der Waals surface area contributed by atoms with E-state index in [-0.39, 0.29) is 17.7 Å². The summed E-state index contributed by atoms with van der Waals surface area (Å²) in [4.78, 5) is 12.6. The highest BCUT2D eigenvalue weighted by molar-refractivity contribution is 7.99. The first kappa shape index (κ1) is 22.1. The molecule has 2 aromatic carbocycles. The topological polar surface area (TPSA) is 59.8 Å². The minimum absolute atomic E-state index is 0.0139. The number of amides is 1. The Morgan fingerprint density at radius 1 is 1.20 bits per heavy atom. The van der Waals surface area contributed by atoms with Crippen LogP contribution >= 0.6 is 23.4 Å². The zero-order valence-electron chi connectivity index (χ0n) is 16.9. The molecule has 5 nitrogen and oxygen atoms in total. The SMILES string of the molecule is C=CCn1c(SCC(=O)NC(CCC)c2ccccc2)nnc1-c1ccc(Cl)cc1. The molecule has 3 rings (SSSR count). The van der Waals surface area contributed by atoms with E-state index in [9.17, 15) is 4.79 Å². The second-order valence-electron chi connectivity index (χ2n) is 6.82. The maximum Gasteiger partial charge on any atom is 0.230 e. The monoisotopic (exact) mass is 440 g/mol. The predicted molar refractivity (Wildman–Crippen MR) is 124 cm³/mol. The lowest BCUT2D eigenvalue weighted by atomic mass is 10.0. The van der Waals surface area contributed by atoms with Crippen molar-refractivity contribution in [3.63, 3.8) is 0 Å². The first-order valence-corrected chi connectivity index (χ1v) is 11.3. The average molecular weight is 441 g/mol. The van der Waals surface area contributed by atoms with Gasteiger partial charge in [-0.1, -0.05) is 73.1 Å². The average Bonchev–Trinajstić information content (AvgIpc) is 3.16. The number of benzene rings is 2. The number of rotatable bonds is 10. The fraction of sp³-hybridized carbons (Fsp3) is 0.261. The number of nitrogens with zero attached hydrogens (tertiary/aromatic N) is 3. The molecular weight excluding hydrogens is 416 g/mol. The lowest BCUT2D eigenvalue weighted by molar-refractivity contribution is -0.119. The molecule has 0 aliphatic carbocycles. The largest absolute Gasteiger partial charge is 0.349 e. The van der Waals surface area contributed by atoms with Gasteiger partial charge in [0.1, 0.15) is 0 Å². The number of nitrogens with one attached hydrogen (secondary N) is 1. The molecule has 1 amide bonds. The Labute approximate surface area is 186 Å². The summed E-state index contributed by atoms with van der Waals surface area (Å²) in [5.41, 5.74) is 2.04. The van der Waals surface area contributed by atoms with Crippen LogP contribution in [0.3, 0.4) is 0 Å². The van der Waals surface area contributed by atoms with E-state index in [0.717, 1.165) is 29.8 Å². The quantitative estimate of drug-likeness (QED) is 0.332. The summed E-state index contributed by atoms with van der Waals surface area (Å²) in [6.45, 7) is 6.50. The molecule has 7 heteroatoms. The summed E-state index contributed by atoms with van der Waals surface area (Å²) in [6, 6.07) is 17.5. The summed E-state index contributed by atoms with van der Waals surface area (Å²) in [6.07, 6.45) is 3.68. The minimum atomic E-state index is -0.0245. The Hall–Kier alpha value is -2.57. The number of carbonyl (C=O) groups is 1. The van der Waals surface area contributed by atoms with Crippen LogP contribution < -0.4 is 5.32 Å². The first-order valence-electron chi connectivity index (χ1n) is 9.89. The van der Waals surface area contributed by atoms with Crippen molar-refractivity contribution in [1.82, 2.24) is 20.1 Å². The molecule has 1 N–H and O–H groups in total. The van der Waals surface area contributed by atoms with Crippen LogP contribution in [0.25, 0.3) is 11.4 Å². The van der Waals surface area contributed by atoms with Gasteiger partial charge in [-0.15, -0.1) is 16.8 Å². The van der Waals surface area contributed by atoms with E-state index in [4.69, 9.17) is 11.6 Å². The molecule has 3 aromatic rings. The third-order valence-corrected chi connectivity index (χ3v) is 5.80. The van der Waals surface area contributed by atoms with Crippen molar-refractivity contribution in [1.29, 1.82) is 0 Å². The van der Waals surface area contributed by atoms with Gasteiger partial charge in [-0.05, 0) is 36.2 Å². The van der Waals surface area contributed by atoms with Gasteiger partial charge in [-0.3, -0.25) is 9.36 Å². The van der Waals surface area contributed by atoms with Crippen LogP contribution in [0.1, 0.15) is 31.4 Å².